The molecule has 0 bridgehead atoms. The molecule has 12 aromatic rings. The fourth-order valence-electron chi connectivity index (χ4n) is 17.4. The Balaban J connectivity index is 0.525. The van der Waals surface area contributed by atoms with Crippen LogP contribution >= 0.6 is 46.9 Å². The first kappa shape index (κ1) is 105. The van der Waals surface area contributed by atoms with Crippen molar-refractivity contribution in [1.29, 1.82) is 0 Å². The number of benzene rings is 1. The minimum atomic E-state index is -5.67. The van der Waals surface area contributed by atoms with Gasteiger partial charge in [0.25, 0.3) is 11.2 Å². The van der Waals surface area contributed by atoms with Gasteiger partial charge in [-0.1, -0.05) is 23.4 Å². The predicted molar refractivity (Wildman–Crippen MR) is 486 cm³/mol. The van der Waals surface area contributed by atoms with Crippen LogP contribution in [0.15, 0.2) is 125 Å². The highest BCUT2D eigenvalue weighted by molar-refractivity contribution is 7.48. The van der Waals surface area contributed by atoms with Gasteiger partial charge < -0.3 is 107 Å². The summed E-state index contributed by atoms with van der Waals surface area (Å²) >= 11 is 0. The fraction of sp³-hybridized carbons (Fsp3) is 0.493. The van der Waals surface area contributed by atoms with E-state index in [9.17, 15) is 96.3 Å². The Morgan fingerprint density at radius 2 is 0.655 bits per heavy atom. The maximum absolute atomic E-state index is 14.7. The van der Waals surface area contributed by atoms with Gasteiger partial charge in [-0.15, -0.1) is 5.10 Å². The molecular weight excluding hydrogens is 2110 g/mol. The number of ether oxygens (including phenoxy) is 7. The van der Waals surface area contributed by atoms with Crippen molar-refractivity contribution in [3.8, 4) is 0 Å². The number of para-hydroxylation sites is 1. The number of nitrogens with zero attached hydrogens (tertiary/aromatic N) is 24. The summed E-state index contributed by atoms with van der Waals surface area (Å²) in [4.78, 5) is 186. The van der Waals surface area contributed by atoms with Crippen LogP contribution in [-0.4, -0.2) is 288 Å². The van der Waals surface area contributed by atoms with E-state index in [1.165, 1.54) is 92.2 Å². The van der Waals surface area contributed by atoms with Crippen molar-refractivity contribution in [2.24, 2.45) is 0 Å². The number of phosphoric ester groups is 6. The number of nitro benzene ring substituents is 1. The molecule has 0 radical (unpaired) electrons. The van der Waals surface area contributed by atoms with Crippen LogP contribution in [0.1, 0.15) is 94.1 Å². The van der Waals surface area contributed by atoms with Gasteiger partial charge in [-0.05, 0) is 18.2 Å². The van der Waals surface area contributed by atoms with Crippen molar-refractivity contribution in [2.75, 3.05) is 80.7 Å². The lowest BCUT2D eigenvalue weighted by Gasteiger charge is -2.26. The molecule has 75 heteroatoms. The number of hydrogen-bond donors (Lipinski definition) is 14. The van der Waals surface area contributed by atoms with Gasteiger partial charge in [0.1, 0.15) is 176 Å². The SMILES string of the molecule is Nc1ccn([C@H]2C[C@H](OP(=O)(O)OC[C@H]3O[C@@H](n4ccc(N)nc4=O)C[C@@H]3OP(=O)(O)OC[C@H]3O[C@@H](n4ccc(N)nc4=O)C[C@@H]3OP(=O)(O)OC[C@H]3O[C@@H](n4cnc5c(N)ncnc54)C[C@@H]3OP(=O)(O)OC[C@H]3O[C@@H](n4cnc5c(N)ncnc54)C[C@@H]3OP(=O)(O)OC[C@H]3O[C@@H](n4cnc5c(N)ncnc54)C[C@@H]3OP(=O)(O)OC[C@H]3O[C@@H](n4cnc5c(=O)n(Cc6ccccc6[N+](=O)[O-])nnc54)C[C@@H]3O)[C@@H](CO)O2)c(=O)n1. The number of phosphoric acid groups is 6. The van der Waals surface area contributed by atoms with Gasteiger partial charge in [-0.25, -0.2) is 96.3 Å². The molecule has 69 nitrogen and oxygen atoms in total. The third-order valence-corrected chi connectivity index (χ3v) is 30.4. The number of anilines is 6. The maximum atomic E-state index is 14.7. The number of nitrogen functional groups attached to an aromatic ring is 6. The molecule has 7 saturated heterocycles. The number of nitrogens with two attached hydrogens (primary N) is 6. The normalized spacial score (nSPS) is 28.8. The molecule has 27 atom stereocenters. The largest absolute Gasteiger partial charge is 0.472 e. The molecular formula is C73H88N30O39P6. The molecule has 794 valence electrons. The Kier molecular flexibility index (Phi) is 29.9. The second-order valence-electron chi connectivity index (χ2n) is 33.9. The summed E-state index contributed by atoms with van der Waals surface area (Å²) in [6.45, 7) is -7.39. The van der Waals surface area contributed by atoms with Crippen LogP contribution < -0.4 is 57.0 Å². The van der Waals surface area contributed by atoms with Gasteiger partial charge in [0.15, 0.2) is 45.6 Å². The second kappa shape index (κ2) is 42.3. The average molecular weight is 2200 g/mol. The molecule has 7 aliphatic rings. The summed E-state index contributed by atoms with van der Waals surface area (Å²) in [5.74, 6) is -0.858. The lowest BCUT2D eigenvalue weighted by molar-refractivity contribution is -0.385. The molecule has 1 aromatic carbocycles. The summed E-state index contributed by atoms with van der Waals surface area (Å²) in [6.07, 6.45) is -23.6. The van der Waals surface area contributed by atoms with Gasteiger partial charge in [0, 0.05) is 69.6 Å². The fourth-order valence-corrected chi connectivity index (χ4v) is 23.2. The summed E-state index contributed by atoms with van der Waals surface area (Å²) in [5.41, 5.74) is 31.7. The van der Waals surface area contributed by atoms with E-state index >= 15 is 0 Å². The molecule has 0 spiro atoms. The molecule has 148 heavy (non-hydrogen) atoms. The standard InChI is InChI=1S/C73H88N30O39P6/c74-49-5-8-95(71(107)90-49)53-12-36(42(19-104)130-53)137-144(114,115)125-21-44-37(13-54(132-44)96-9-6-50(75)91-72(96)108)138-145(116,117)126-22-45-38(14-55(133-45)97-10-7-51(76)92-73(97)109)139-146(118,119)127-24-47-40(16-57(135-47)99-30-87-60-64(78)81-27-84-67(60)99)141-148(122,123)129-25-48-41(17-58(136-48)100-31-88-61-65(79)82-28-85-68(61)100)142-147(120,121)128-23-46-39(15-56(134-46)98-29-86-59-63(77)80-26-83-66(59)98)140-143(112,113)124-20-43-35(105)11-52(131-43)101-32-89-62-69(101)93-94-102(70(62)106)18-33-3-1-2-4-34(33)103(110)111/h1-10,26-32,35-48,52-58,104-105H,11-25H2,(H,112,113)(H,114,115)(H,116,117)(H,118,119)(H,120,121)(H,122,123)(H2,74,90,107)(H2,75,91,108)(H2,76,92,109)(H2,77,80,83)(H2,78,81,84)(H2,79,82,85)/t35-,36-,37-,38-,39-,40-,41-,42+,43+,44+,45+,46+,47+,48+,52+,53+,54+,55+,56+,57+,58+/m0/s1. The van der Waals surface area contributed by atoms with Gasteiger partial charge in [0.2, 0.25) is 0 Å². The predicted octanol–water partition coefficient (Wildman–Crippen LogP) is -0.893. The quantitative estimate of drug-likeness (QED) is 0.0126. The Morgan fingerprint density at radius 1 is 0.372 bits per heavy atom. The van der Waals surface area contributed by atoms with Crippen molar-refractivity contribution in [3.63, 3.8) is 0 Å². The van der Waals surface area contributed by atoms with Gasteiger partial charge in [-0.2, -0.15) is 15.0 Å². The minimum Gasteiger partial charge on any atom is -0.394 e. The highest BCUT2D eigenvalue weighted by atomic mass is 31.2. The molecule has 11 aromatic heterocycles. The molecule has 7 fully saturated rings. The van der Waals surface area contributed by atoms with Gasteiger partial charge >= 0.3 is 64.0 Å². The Hall–Kier alpha value is -11.7. The first-order valence-corrected chi connectivity index (χ1v) is 53.1. The van der Waals surface area contributed by atoms with Crippen LogP contribution in [0.3, 0.4) is 0 Å². The van der Waals surface area contributed by atoms with E-state index < -0.39 is 282 Å². The highest BCUT2D eigenvalue weighted by Gasteiger charge is 2.53. The molecule has 0 saturated carbocycles. The summed E-state index contributed by atoms with van der Waals surface area (Å²) in [6, 6.07) is 9.32. The molecule has 0 amide bonds. The van der Waals surface area contributed by atoms with E-state index in [2.05, 4.69) is 75.1 Å². The average Bonchev–Trinajstić information content (AvgIpc) is 1.62. The first-order valence-electron chi connectivity index (χ1n) is 44.1. The third-order valence-electron chi connectivity index (χ3n) is 24.3. The molecule has 0 aliphatic carbocycles. The van der Waals surface area contributed by atoms with Gasteiger partial charge in [0.05, 0.1) is 94.7 Å². The monoisotopic (exact) mass is 2190 g/mol. The van der Waals surface area contributed by atoms with E-state index in [1.807, 2.05) is 0 Å². The van der Waals surface area contributed by atoms with Crippen LogP contribution in [0, 0.1) is 10.1 Å². The van der Waals surface area contributed by atoms with E-state index in [0.717, 1.165) is 49.8 Å². The molecule has 20 N–H and O–H groups in total. The van der Waals surface area contributed by atoms with E-state index in [-0.39, 0.29) is 110 Å². The number of aliphatic hydroxyl groups excluding tert-OH is 2. The summed E-state index contributed by atoms with van der Waals surface area (Å²) in [7, 11) is -33.2. The van der Waals surface area contributed by atoms with Crippen molar-refractivity contribution in [1.82, 2.24) is 112 Å². The van der Waals surface area contributed by atoms with Crippen LogP contribution in [0.5, 0.6) is 0 Å². The number of imidazole rings is 4. The molecule has 18 heterocycles. The van der Waals surface area contributed by atoms with Gasteiger partial charge in [-0.3, -0.25) is 101 Å². The van der Waals surface area contributed by atoms with Crippen LogP contribution in [0.4, 0.5) is 40.6 Å². The van der Waals surface area contributed by atoms with Crippen LogP contribution in [0.2, 0.25) is 0 Å². The Labute approximate surface area is 823 Å². The van der Waals surface area contributed by atoms with E-state index in [4.69, 9.17) is 122 Å². The first-order chi connectivity index (χ1) is 70.4. The van der Waals surface area contributed by atoms with Crippen molar-refractivity contribution in [3.05, 3.63) is 163 Å². The Morgan fingerprint density at radius 3 is 0.980 bits per heavy atom. The van der Waals surface area contributed by atoms with Crippen molar-refractivity contribution >= 4 is 132 Å². The number of aromatic nitrogens is 23. The topological polar surface area (TPSA) is 940 Å². The zero-order valence-corrected chi connectivity index (χ0v) is 81.0. The molecule has 19 rings (SSSR count). The number of hydrogen-bond acceptors (Lipinski definition) is 54. The van der Waals surface area contributed by atoms with Crippen LogP contribution in [0.25, 0.3) is 44.7 Å². The number of rotatable bonds is 41. The zero-order chi connectivity index (χ0) is 105. The van der Waals surface area contributed by atoms with E-state index in [1.54, 1.807) is 0 Å². The smallest absolute Gasteiger partial charge is 0.394 e. The van der Waals surface area contributed by atoms with E-state index in [0.29, 0.717) is 0 Å². The number of aliphatic hydroxyl groups is 2. The van der Waals surface area contributed by atoms with Crippen molar-refractivity contribution in [2.45, 2.75) is 181 Å². The Bertz CT molecular complexity index is 7580. The number of fused-ring (bicyclic) bond motifs is 4. The van der Waals surface area contributed by atoms with Crippen LogP contribution in [-0.2, 0) is 121 Å². The zero-order valence-electron chi connectivity index (χ0n) is 75.7. The highest BCUT2D eigenvalue weighted by Crippen LogP contribution is 2.58. The lowest BCUT2D eigenvalue weighted by atomic mass is 10.2. The maximum Gasteiger partial charge on any atom is 0.472 e. The summed E-state index contributed by atoms with van der Waals surface area (Å²) < 4.78 is 205. The van der Waals surface area contributed by atoms with Crippen molar-refractivity contribution < 1.29 is 159 Å². The second-order valence-corrected chi connectivity index (χ2v) is 42.3. The lowest BCUT2D eigenvalue weighted by Crippen LogP contribution is -2.32. The summed E-state index contributed by atoms with van der Waals surface area (Å²) in [5, 5.41) is 41.2. The third kappa shape index (κ3) is 23.1. The minimum absolute atomic E-state index is 0.0279. The molecule has 7 aliphatic heterocycles. The molecule has 6 unspecified atom stereocenters. The number of nitro groups is 1.